The van der Waals surface area contributed by atoms with Gasteiger partial charge in [-0.25, -0.2) is 5.43 Å². The molecule has 27 heavy (non-hydrogen) atoms. The second-order valence-electron chi connectivity index (χ2n) is 5.38. The quantitative estimate of drug-likeness (QED) is 0.781. The molecule has 1 aliphatic rings. The molecule has 0 fully saturated rings. The molecule has 2 amide bonds. The van der Waals surface area contributed by atoms with Crippen LogP contribution in [0.2, 0.25) is 0 Å². The molecule has 2 rings (SSSR count). The lowest BCUT2D eigenvalue weighted by Gasteiger charge is -2.28. The average Bonchev–Trinajstić information content (AvgIpc) is 2.61. The molecule has 11 heteroatoms. The number of carbonyl (C=O) groups excluding carboxylic acids is 2. The molecule has 0 aliphatic carbocycles. The smallest absolute Gasteiger partial charge is 0.493 e. The fraction of sp³-hybridized carbons (Fsp3) is 0.438. The van der Waals surface area contributed by atoms with Gasteiger partial charge in [-0.15, -0.1) is 18.3 Å². The Morgan fingerprint density at radius 2 is 2.04 bits per heavy atom. The number of rotatable bonds is 6. The van der Waals surface area contributed by atoms with Crippen molar-refractivity contribution in [2.24, 2.45) is 5.10 Å². The van der Waals surface area contributed by atoms with Gasteiger partial charge >= 0.3 is 11.6 Å². The van der Waals surface area contributed by atoms with Crippen LogP contribution in [0.4, 0.5) is 18.0 Å². The lowest BCUT2D eigenvalue weighted by molar-refractivity contribution is -0.275. The van der Waals surface area contributed by atoms with Crippen LogP contribution in [0, 0.1) is 0 Å². The van der Waals surface area contributed by atoms with E-state index in [2.05, 4.69) is 15.3 Å². The van der Waals surface area contributed by atoms with Crippen LogP contribution in [0.1, 0.15) is 32.3 Å². The summed E-state index contributed by atoms with van der Waals surface area (Å²) in [4.78, 5) is 23.7. The lowest BCUT2D eigenvalue weighted by atomic mass is 10.0. The van der Waals surface area contributed by atoms with Crippen molar-refractivity contribution in [1.82, 2.24) is 10.5 Å². The second-order valence-corrected chi connectivity index (χ2v) is 6.53. The molecule has 1 aliphatic heterocycles. The minimum Gasteiger partial charge on any atom is -0.493 e. The molecular weight excluding hydrogens is 387 g/mol. The molecule has 1 atom stereocenters. The zero-order chi connectivity index (χ0) is 20.2. The molecule has 0 aromatic heterocycles. The van der Waals surface area contributed by atoms with Gasteiger partial charge in [0.05, 0.1) is 18.1 Å². The largest absolute Gasteiger partial charge is 0.573 e. The zero-order valence-electron chi connectivity index (χ0n) is 14.8. The number of hydrogen-bond donors (Lipinski definition) is 1. The second kappa shape index (κ2) is 8.51. The summed E-state index contributed by atoms with van der Waals surface area (Å²) in [6, 6.07) is 3.98. The summed E-state index contributed by atoms with van der Waals surface area (Å²) in [6.45, 7) is 3.43. The third kappa shape index (κ3) is 5.28. The number of carbonyl (C=O) groups is 2. The molecule has 0 saturated heterocycles. The van der Waals surface area contributed by atoms with Gasteiger partial charge in [0.1, 0.15) is 0 Å². The fourth-order valence-electron chi connectivity index (χ4n) is 2.27. The van der Waals surface area contributed by atoms with Gasteiger partial charge in [-0.3, -0.25) is 9.59 Å². The van der Waals surface area contributed by atoms with Crippen molar-refractivity contribution >= 4 is 28.6 Å². The van der Waals surface area contributed by atoms with E-state index in [4.69, 9.17) is 4.74 Å². The molecule has 1 aromatic rings. The first-order chi connectivity index (χ1) is 12.7. The van der Waals surface area contributed by atoms with Crippen molar-refractivity contribution in [3.63, 3.8) is 0 Å². The Kier molecular flexibility index (Phi) is 6.58. The maximum atomic E-state index is 12.7. The van der Waals surface area contributed by atoms with E-state index in [0.717, 1.165) is 22.9 Å². The summed E-state index contributed by atoms with van der Waals surface area (Å²) < 4.78 is 46.9. The molecule has 0 saturated carbocycles. The van der Waals surface area contributed by atoms with Gasteiger partial charge in [0.15, 0.2) is 11.5 Å². The summed E-state index contributed by atoms with van der Waals surface area (Å²) in [5, 5.41) is 4.07. The number of thioether (sulfide) groups is 1. The number of benzene rings is 1. The van der Waals surface area contributed by atoms with Crippen LogP contribution in [-0.4, -0.2) is 40.7 Å². The highest BCUT2D eigenvalue weighted by atomic mass is 32.2. The van der Waals surface area contributed by atoms with Gasteiger partial charge in [-0.1, -0.05) is 25.6 Å². The fourth-order valence-corrected chi connectivity index (χ4v) is 3.16. The number of hydrazone groups is 1. The number of hydrogen-bond acceptors (Lipinski definition) is 6. The molecule has 1 unspecified atom stereocenters. The number of nitrogens with zero attached hydrogens (tertiary/aromatic N) is 2. The molecule has 0 bridgehead atoms. The van der Waals surface area contributed by atoms with Crippen LogP contribution in [0.15, 0.2) is 23.3 Å². The molecule has 1 aromatic carbocycles. The topological polar surface area (TPSA) is 80.2 Å². The summed E-state index contributed by atoms with van der Waals surface area (Å²) in [5.41, 5.74) is 3.00. The molecule has 148 valence electrons. The summed E-state index contributed by atoms with van der Waals surface area (Å²) in [6.07, 6.45) is -4.24. The minimum atomic E-state index is -4.89. The first-order valence-electron chi connectivity index (χ1n) is 8.01. The van der Waals surface area contributed by atoms with Crippen molar-refractivity contribution in [1.29, 1.82) is 0 Å². The summed E-state index contributed by atoms with van der Waals surface area (Å²) >= 11 is 0.926. The third-order valence-corrected chi connectivity index (χ3v) is 4.75. The lowest BCUT2D eigenvalue weighted by Crippen LogP contribution is -2.45. The predicted molar refractivity (Wildman–Crippen MR) is 93.6 cm³/mol. The number of alkyl halides is 3. The van der Waals surface area contributed by atoms with Crippen molar-refractivity contribution in [3.8, 4) is 11.5 Å². The van der Waals surface area contributed by atoms with E-state index in [0.29, 0.717) is 17.7 Å². The molecule has 1 N–H and O–H groups in total. The predicted octanol–water partition coefficient (Wildman–Crippen LogP) is 3.69. The van der Waals surface area contributed by atoms with E-state index >= 15 is 0 Å². The Bertz CT molecular complexity index is 755. The van der Waals surface area contributed by atoms with Crippen LogP contribution in [0.5, 0.6) is 11.5 Å². The standard InChI is InChI=1S/C16H18F3N3O4S/c1-4-12-14(21-22(15(24)27-12)20-13(23)5-2)9-6-7-10(25-3)11(8-9)26-16(17,18)19/h6-8,12H,4-5H2,1-3H3,(H,20,23). The highest BCUT2D eigenvalue weighted by molar-refractivity contribution is 8.14. The number of hydrazine groups is 1. The Labute approximate surface area is 157 Å². The number of halogens is 3. The zero-order valence-corrected chi connectivity index (χ0v) is 15.6. The minimum absolute atomic E-state index is 0.0968. The van der Waals surface area contributed by atoms with E-state index in [1.54, 1.807) is 6.92 Å². The van der Waals surface area contributed by atoms with Crippen molar-refractivity contribution < 1.29 is 32.2 Å². The Hall–Kier alpha value is -2.43. The van der Waals surface area contributed by atoms with Crippen molar-refractivity contribution in [3.05, 3.63) is 23.8 Å². The average molecular weight is 405 g/mol. The highest BCUT2D eigenvalue weighted by Gasteiger charge is 2.34. The van der Waals surface area contributed by atoms with Gasteiger partial charge in [0.25, 0.3) is 0 Å². The molecular formula is C16H18F3N3O4S. The number of nitrogens with one attached hydrogen (secondary N) is 1. The summed E-state index contributed by atoms with van der Waals surface area (Å²) in [5.74, 6) is -1.04. The van der Waals surface area contributed by atoms with Crippen molar-refractivity contribution in [2.75, 3.05) is 7.11 Å². The Morgan fingerprint density at radius 1 is 1.33 bits per heavy atom. The summed E-state index contributed by atoms with van der Waals surface area (Å²) in [7, 11) is 1.22. The van der Waals surface area contributed by atoms with Gasteiger partial charge in [-0.2, -0.15) is 5.10 Å². The van der Waals surface area contributed by atoms with E-state index in [-0.39, 0.29) is 17.4 Å². The van der Waals surface area contributed by atoms with E-state index < -0.39 is 23.3 Å². The first kappa shape index (κ1) is 20.9. The normalized spacial score (nSPS) is 17.4. The van der Waals surface area contributed by atoms with Crippen LogP contribution in [0.25, 0.3) is 0 Å². The van der Waals surface area contributed by atoms with Gasteiger partial charge in [0.2, 0.25) is 5.91 Å². The Morgan fingerprint density at radius 3 is 2.59 bits per heavy atom. The van der Waals surface area contributed by atoms with Crippen LogP contribution in [-0.2, 0) is 4.79 Å². The van der Waals surface area contributed by atoms with Gasteiger partial charge in [0, 0.05) is 12.0 Å². The molecule has 1 heterocycles. The number of amides is 2. The van der Waals surface area contributed by atoms with Gasteiger partial charge in [-0.05, 0) is 24.6 Å². The number of methoxy groups -OCH3 is 1. The van der Waals surface area contributed by atoms with E-state index in [1.165, 1.54) is 19.2 Å². The third-order valence-electron chi connectivity index (χ3n) is 3.54. The van der Waals surface area contributed by atoms with Crippen LogP contribution < -0.4 is 14.9 Å². The SMILES string of the molecule is CCC(=O)NN1N=C(c2ccc(OC)c(OC(F)(F)F)c2)C(CC)SC1=O. The molecule has 0 radical (unpaired) electrons. The molecule has 0 spiro atoms. The first-order valence-corrected chi connectivity index (χ1v) is 8.89. The number of ether oxygens (including phenoxy) is 2. The van der Waals surface area contributed by atoms with Crippen LogP contribution in [0.3, 0.4) is 0 Å². The van der Waals surface area contributed by atoms with E-state index in [9.17, 15) is 22.8 Å². The monoisotopic (exact) mass is 405 g/mol. The van der Waals surface area contributed by atoms with E-state index in [1.807, 2.05) is 6.92 Å². The highest BCUT2D eigenvalue weighted by Crippen LogP contribution is 2.35. The Balaban J connectivity index is 2.45. The van der Waals surface area contributed by atoms with Crippen molar-refractivity contribution in [2.45, 2.75) is 38.3 Å². The molecule has 7 nitrogen and oxygen atoms in total. The maximum Gasteiger partial charge on any atom is 0.573 e. The maximum absolute atomic E-state index is 12.7. The van der Waals surface area contributed by atoms with Gasteiger partial charge < -0.3 is 9.47 Å². The van der Waals surface area contributed by atoms with Crippen LogP contribution >= 0.6 is 11.8 Å².